The number of carbonyl (C=O) groups is 1. The molecule has 3 aromatic carbocycles. The zero-order chi connectivity index (χ0) is 27.2. The number of piperazine rings is 1. The largest absolute Gasteiger partial charge is 0.493 e. The molecule has 0 saturated carbocycles. The Kier molecular flexibility index (Phi) is 8.17. The number of rotatable bonds is 8. The fraction of sp³-hybridized carbons (Fsp3) is 0.233. The minimum atomic E-state index is -0.173. The van der Waals surface area contributed by atoms with Gasteiger partial charge in [-0.1, -0.05) is 59.8 Å². The van der Waals surface area contributed by atoms with E-state index in [1.807, 2.05) is 73.7 Å². The molecule has 1 aliphatic heterocycles. The number of nitrogens with zero attached hydrogens (tertiary/aromatic N) is 4. The summed E-state index contributed by atoms with van der Waals surface area (Å²) < 4.78 is 12.5. The van der Waals surface area contributed by atoms with Crippen LogP contribution < -0.4 is 19.9 Å². The lowest BCUT2D eigenvalue weighted by molar-refractivity contribution is -0.133. The number of aromatic nitrogens is 2. The van der Waals surface area contributed by atoms with Crippen LogP contribution >= 0.6 is 11.8 Å². The molecule has 1 aromatic heterocycles. The smallest absolute Gasteiger partial charge is 0.287 e. The van der Waals surface area contributed by atoms with Crippen LogP contribution in [0.4, 0.5) is 5.69 Å². The third-order valence-corrected chi connectivity index (χ3v) is 7.65. The molecule has 0 radical (unpaired) electrons. The first-order chi connectivity index (χ1) is 19.0. The third kappa shape index (κ3) is 6.09. The van der Waals surface area contributed by atoms with Gasteiger partial charge < -0.3 is 19.3 Å². The van der Waals surface area contributed by atoms with Gasteiger partial charge in [-0.2, -0.15) is 9.78 Å². The first-order valence-electron chi connectivity index (χ1n) is 12.7. The molecule has 0 aliphatic carbocycles. The van der Waals surface area contributed by atoms with Gasteiger partial charge in [-0.3, -0.25) is 9.59 Å². The standard InChI is InChI=1S/C30H30N4O4S/c1-22-12-14-24(15-13-22)39-29-25(20-31-34(30(29)36)23-8-4-3-5-9-23)32-16-18-33(19-17-32)28(35)21-38-27-11-7-6-10-26(27)37-2/h3-15,20H,16-19,21H2,1-2H3. The average molecular weight is 543 g/mol. The van der Waals surface area contributed by atoms with Crippen LogP contribution in [0.2, 0.25) is 0 Å². The summed E-state index contributed by atoms with van der Waals surface area (Å²) in [5.41, 5.74) is 2.47. The lowest BCUT2D eigenvalue weighted by Gasteiger charge is -2.36. The summed E-state index contributed by atoms with van der Waals surface area (Å²) in [5, 5.41) is 4.51. The number of amides is 1. The van der Waals surface area contributed by atoms with E-state index in [0.717, 1.165) is 16.1 Å². The number of benzene rings is 3. The molecule has 0 spiro atoms. The predicted molar refractivity (Wildman–Crippen MR) is 152 cm³/mol. The Bertz CT molecular complexity index is 1480. The summed E-state index contributed by atoms with van der Waals surface area (Å²) in [6.07, 6.45) is 1.76. The minimum Gasteiger partial charge on any atom is -0.493 e. The highest BCUT2D eigenvalue weighted by atomic mass is 32.2. The zero-order valence-corrected chi connectivity index (χ0v) is 22.8. The van der Waals surface area contributed by atoms with Crippen molar-refractivity contribution in [1.29, 1.82) is 0 Å². The second kappa shape index (κ2) is 12.1. The number of hydrogen-bond donors (Lipinski definition) is 0. The number of hydrogen-bond acceptors (Lipinski definition) is 7. The fourth-order valence-electron chi connectivity index (χ4n) is 4.39. The second-order valence-electron chi connectivity index (χ2n) is 9.13. The highest BCUT2D eigenvalue weighted by Gasteiger charge is 2.25. The van der Waals surface area contributed by atoms with Gasteiger partial charge in [0.2, 0.25) is 0 Å². The van der Waals surface area contributed by atoms with Gasteiger partial charge in [0.1, 0.15) is 4.90 Å². The Morgan fingerprint density at radius 2 is 1.56 bits per heavy atom. The highest BCUT2D eigenvalue weighted by molar-refractivity contribution is 7.99. The van der Waals surface area contributed by atoms with E-state index in [1.165, 1.54) is 16.4 Å². The molecule has 1 fully saturated rings. The van der Waals surface area contributed by atoms with Crippen molar-refractivity contribution in [2.45, 2.75) is 16.7 Å². The Hall–Kier alpha value is -4.24. The van der Waals surface area contributed by atoms with Gasteiger partial charge in [-0.05, 0) is 43.3 Å². The number of aryl methyl sites for hydroxylation is 1. The molecule has 5 rings (SSSR count). The van der Waals surface area contributed by atoms with E-state index >= 15 is 0 Å². The minimum absolute atomic E-state index is 0.0659. The SMILES string of the molecule is COc1ccccc1OCC(=O)N1CCN(c2cnn(-c3ccccc3)c(=O)c2Sc2ccc(C)cc2)CC1. The van der Waals surface area contributed by atoms with Crippen LogP contribution in [0.5, 0.6) is 11.5 Å². The summed E-state index contributed by atoms with van der Waals surface area (Å²) in [6.45, 7) is 4.17. The number of carbonyl (C=O) groups excluding carboxylic acids is 1. The Morgan fingerprint density at radius 1 is 0.897 bits per heavy atom. The number of ether oxygens (including phenoxy) is 2. The first-order valence-corrected chi connectivity index (χ1v) is 13.6. The summed E-state index contributed by atoms with van der Waals surface area (Å²) in [7, 11) is 1.57. The highest BCUT2D eigenvalue weighted by Crippen LogP contribution is 2.33. The molecular weight excluding hydrogens is 512 g/mol. The van der Waals surface area contributed by atoms with Gasteiger partial charge in [-0.15, -0.1) is 0 Å². The maximum Gasteiger partial charge on any atom is 0.287 e. The van der Waals surface area contributed by atoms with Gasteiger partial charge in [0.05, 0.1) is 24.7 Å². The van der Waals surface area contributed by atoms with Crippen LogP contribution in [-0.4, -0.2) is 60.5 Å². The van der Waals surface area contributed by atoms with Crippen molar-refractivity contribution in [3.63, 3.8) is 0 Å². The average Bonchev–Trinajstić information content (AvgIpc) is 2.98. The maximum absolute atomic E-state index is 13.7. The van der Waals surface area contributed by atoms with E-state index in [-0.39, 0.29) is 18.1 Å². The van der Waals surface area contributed by atoms with Crippen molar-refractivity contribution in [2.24, 2.45) is 0 Å². The van der Waals surface area contributed by atoms with Crippen molar-refractivity contribution in [3.8, 4) is 17.2 Å². The lowest BCUT2D eigenvalue weighted by atomic mass is 10.2. The topological polar surface area (TPSA) is 76.9 Å². The van der Waals surface area contributed by atoms with E-state index in [9.17, 15) is 9.59 Å². The molecule has 9 heteroatoms. The molecule has 0 atom stereocenters. The lowest BCUT2D eigenvalue weighted by Crippen LogP contribution is -2.50. The molecule has 39 heavy (non-hydrogen) atoms. The maximum atomic E-state index is 13.7. The summed E-state index contributed by atoms with van der Waals surface area (Å²) in [4.78, 5) is 32.1. The van der Waals surface area contributed by atoms with E-state index < -0.39 is 0 Å². The monoisotopic (exact) mass is 542 g/mol. The Balaban J connectivity index is 1.33. The van der Waals surface area contributed by atoms with Crippen LogP contribution in [0.3, 0.4) is 0 Å². The predicted octanol–water partition coefficient (Wildman–Crippen LogP) is 4.43. The number of methoxy groups -OCH3 is 1. The summed E-state index contributed by atoms with van der Waals surface area (Å²) in [5.74, 6) is 1.04. The van der Waals surface area contributed by atoms with Crippen LogP contribution in [0.25, 0.3) is 5.69 Å². The van der Waals surface area contributed by atoms with E-state index in [1.54, 1.807) is 30.3 Å². The Morgan fingerprint density at radius 3 is 2.26 bits per heavy atom. The van der Waals surface area contributed by atoms with E-state index in [2.05, 4.69) is 10.00 Å². The van der Waals surface area contributed by atoms with E-state index in [4.69, 9.17) is 9.47 Å². The van der Waals surface area contributed by atoms with Gasteiger partial charge in [0.15, 0.2) is 18.1 Å². The molecule has 4 aromatic rings. The molecule has 0 unspecified atom stereocenters. The number of anilines is 1. The molecule has 1 saturated heterocycles. The van der Waals surface area contributed by atoms with Gasteiger partial charge >= 0.3 is 0 Å². The van der Waals surface area contributed by atoms with Gasteiger partial charge in [-0.25, -0.2) is 0 Å². The first kappa shape index (κ1) is 26.4. The summed E-state index contributed by atoms with van der Waals surface area (Å²) >= 11 is 1.44. The molecule has 0 bridgehead atoms. The number of para-hydroxylation sites is 3. The molecule has 1 amide bonds. The molecular formula is C30H30N4O4S. The molecule has 2 heterocycles. The van der Waals surface area contributed by atoms with Crippen molar-refractivity contribution in [1.82, 2.24) is 14.7 Å². The van der Waals surface area contributed by atoms with Gasteiger partial charge in [0, 0.05) is 31.1 Å². The van der Waals surface area contributed by atoms with Crippen molar-refractivity contribution < 1.29 is 14.3 Å². The Labute approximate surface area is 231 Å². The van der Waals surface area contributed by atoms with E-state index in [0.29, 0.717) is 48.3 Å². The van der Waals surface area contributed by atoms with Crippen LogP contribution in [-0.2, 0) is 4.79 Å². The second-order valence-corrected chi connectivity index (χ2v) is 10.2. The van der Waals surface area contributed by atoms with Crippen molar-refractivity contribution >= 4 is 23.4 Å². The normalized spacial score (nSPS) is 13.3. The van der Waals surface area contributed by atoms with Crippen LogP contribution in [0, 0.1) is 6.92 Å². The molecule has 200 valence electrons. The van der Waals surface area contributed by atoms with Crippen LogP contribution in [0.15, 0.2) is 99.6 Å². The molecule has 8 nitrogen and oxygen atoms in total. The zero-order valence-electron chi connectivity index (χ0n) is 21.9. The summed E-state index contributed by atoms with van der Waals surface area (Å²) in [6, 6.07) is 24.8. The fourth-order valence-corrected chi connectivity index (χ4v) is 5.36. The molecule has 1 aliphatic rings. The quantitative estimate of drug-likeness (QED) is 0.326. The third-order valence-electron chi connectivity index (χ3n) is 6.55. The van der Waals surface area contributed by atoms with Crippen molar-refractivity contribution in [2.75, 3.05) is 44.8 Å². The van der Waals surface area contributed by atoms with Crippen molar-refractivity contribution in [3.05, 3.63) is 101 Å². The van der Waals surface area contributed by atoms with Crippen LogP contribution in [0.1, 0.15) is 5.56 Å². The molecule has 0 N–H and O–H groups in total. The van der Waals surface area contributed by atoms with Gasteiger partial charge in [0.25, 0.3) is 11.5 Å².